The highest BCUT2D eigenvalue weighted by molar-refractivity contribution is 8.00. The normalized spacial score (nSPS) is 18.8. The number of carboxylic acid groups (broad SMARTS) is 1. The van der Waals surface area contributed by atoms with Gasteiger partial charge in [-0.3, -0.25) is 9.59 Å². The Bertz CT molecular complexity index is 466. The van der Waals surface area contributed by atoms with Crippen LogP contribution < -0.4 is 5.32 Å². The van der Waals surface area contributed by atoms with Crippen LogP contribution in [0.1, 0.15) is 6.42 Å². The summed E-state index contributed by atoms with van der Waals surface area (Å²) < 4.78 is 0. The molecule has 0 saturated heterocycles. The van der Waals surface area contributed by atoms with Gasteiger partial charge in [-0.25, -0.2) is 4.98 Å². The molecule has 0 bridgehead atoms. The third-order valence-electron chi connectivity index (χ3n) is 1.99. The van der Waals surface area contributed by atoms with E-state index in [1.165, 1.54) is 0 Å². The molecule has 2 heterocycles. The van der Waals surface area contributed by atoms with Gasteiger partial charge in [-0.05, 0) is 12.1 Å². The molecule has 0 radical (unpaired) electrons. The zero-order chi connectivity index (χ0) is 11.7. The molecule has 0 spiro atoms. The Morgan fingerprint density at radius 2 is 2.38 bits per heavy atom. The Morgan fingerprint density at radius 1 is 1.62 bits per heavy atom. The number of fused-ring (bicyclic) bond motifs is 1. The highest BCUT2D eigenvalue weighted by Crippen LogP contribution is 2.36. The van der Waals surface area contributed by atoms with E-state index in [2.05, 4.69) is 10.3 Å². The van der Waals surface area contributed by atoms with Crippen molar-refractivity contribution in [3.05, 3.63) is 17.3 Å². The standard InChI is InChI=1S/C9H7ClN2O3S/c10-6-2-1-4-9(12-6)16-5(3-7(13)14)8(15)11-4/h1-2,5H,3H2,(H,11,15)(H,13,14). The number of thioether (sulfide) groups is 1. The summed E-state index contributed by atoms with van der Waals surface area (Å²) >= 11 is 6.83. The predicted molar refractivity (Wildman–Crippen MR) is 59.8 cm³/mol. The highest BCUT2D eigenvalue weighted by atomic mass is 35.5. The van der Waals surface area contributed by atoms with Crippen LogP contribution in [0.5, 0.6) is 0 Å². The third kappa shape index (κ3) is 2.28. The van der Waals surface area contributed by atoms with Crippen LogP contribution in [0.15, 0.2) is 17.2 Å². The van der Waals surface area contributed by atoms with Crippen LogP contribution in [0, 0.1) is 0 Å². The Morgan fingerprint density at radius 3 is 3.06 bits per heavy atom. The lowest BCUT2D eigenvalue weighted by molar-refractivity contribution is -0.138. The molecule has 0 aliphatic carbocycles. The second kappa shape index (κ2) is 4.31. The highest BCUT2D eigenvalue weighted by Gasteiger charge is 2.29. The molecular weight excluding hydrogens is 252 g/mol. The monoisotopic (exact) mass is 258 g/mol. The molecule has 2 N–H and O–H groups in total. The molecular formula is C9H7ClN2O3S. The van der Waals surface area contributed by atoms with Crippen LogP contribution in [0.3, 0.4) is 0 Å². The molecule has 1 unspecified atom stereocenters. The molecule has 1 aromatic rings. The Hall–Kier alpha value is -1.27. The second-order valence-electron chi connectivity index (χ2n) is 3.18. The summed E-state index contributed by atoms with van der Waals surface area (Å²) in [5.41, 5.74) is 0.570. The summed E-state index contributed by atoms with van der Waals surface area (Å²) in [7, 11) is 0. The van der Waals surface area contributed by atoms with Crippen molar-refractivity contribution >= 4 is 40.9 Å². The van der Waals surface area contributed by atoms with Gasteiger partial charge in [-0.15, -0.1) is 0 Å². The summed E-state index contributed by atoms with van der Waals surface area (Å²) in [6.07, 6.45) is -0.232. The number of anilines is 1. The first-order chi connectivity index (χ1) is 7.56. The predicted octanol–water partition coefficient (Wildman–Crippen LogP) is 1.62. The minimum atomic E-state index is -1.02. The van der Waals surface area contributed by atoms with Crippen molar-refractivity contribution in [2.75, 3.05) is 5.32 Å². The van der Waals surface area contributed by atoms with Gasteiger partial charge in [0.1, 0.15) is 15.4 Å². The number of pyridine rings is 1. The van der Waals surface area contributed by atoms with Gasteiger partial charge in [-0.2, -0.15) is 0 Å². The SMILES string of the molecule is O=C(O)CC1Sc2nc(Cl)ccc2NC1=O. The molecule has 84 valence electrons. The van der Waals surface area contributed by atoms with E-state index in [4.69, 9.17) is 16.7 Å². The number of halogens is 1. The van der Waals surface area contributed by atoms with Gasteiger partial charge in [0, 0.05) is 0 Å². The molecule has 7 heteroatoms. The van der Waals surface area contributed by atoms with Crippen molar-refractivity contribution in [1.82, 2.24) is 4.98 Å². The molecule has 1 aliphatic rings. The fraction of sp³-hybridized carbons (Fsp3) is 0.222. The first kappa shape index (κ1) is 11.2. The molecule has 0 fully saturated rings. The molecule has 1 atom stereocenters. The van der Waals surface area contributed by atoms with Crippen molar-refractivity contribution in [2.24, 2.45) is 0 Å². The van der Waals surface area contributed by atoms with E-state index in [9.17, 15) is 9.59 Å². The molecule has 5 nitrogen and oxygen atoms in total. The summed E-state index contributed by atoms with van der Waals surface area (Å²) in [5.74, 6) is -1.33. The minimum Gasteiger partial charge on any atom is -0.481 e. The minimum absolute atomic E-state index is 0.232. The first-order valence-corrected chi connectivity index (χ1v) is 5.68. The summed E-state index contributed by atoms with van der Waals surface area (Å²) in [4.78, 5) is 26.1. The fourth-order valence-corrected chi connectivity index (χ4v) is 2.55. The quantitative estimate of drug-likeness (QED) is 0.788. The summed E-state index contributed by atoms with van der Waals surface area (Å²) in [5, 5.41) is 11.5. The van der Waals surface area contributed by atoms with Crippen molar-refractivity contribution in [2.45, 2.75) is 16.7 Å². The van der Waals surface area contributed by atoms with Crippen molar-refractivity contribution in [1.29, 1.82) is 0 Å². The zero-order valence-electron chi connectivity index (χ0n) is 7.94. The fourth-order valence-electron chi connectivity index (χ4n) is 1.30. The van der Waals surface area contributed by atoms with E-state index < -0.39 is 11.2 Å². The maximum absolute atomic E-state index is 11.5. The van der Waals surface area contributed by atoms with Gasteiger partial charge in [0.15, 0.2) is 0 Å². The van der Waals surface area contributed by atoms with Gasteiger partial charge < -0.3 is 10.4 Å². The van der Waals surface area contributed by atoms with Crippen molar-refractivity contribution in [3.63, 3.8) is 0 Å². The summed E-state index contributed by atoms with van der Waals surface area (Å²) in [6.45, 7) is 0. The number of carbonyl (C=O) groups excluding carboxylic acids is 1. The number of amides is 1. The largest absolute Gasteiger partial charge is 0.481 e. The van der Waals surface area contributed by atoms with Crippen molar-refractivity contribution < 1.29 is 14.7 Å². The zero-order valence-corrected chi connectivity index (χ0v) is 9.51. The molecule has 1 amide bonds. The lowest BCUT2D eigenvalue weighted by Gasteiger charge is -2.21. The topological polar surface area (TPSA) is 79.3 Å². The lowest BCUT2D eigenvalue weighted by atomic mass is 10.2. The average molecular weight is 259 g/mol. The van der Waals surface area contributed by atoms with Crippen LogP contribution in [-0.2, 0) is 9.59 Å². The smallest absolute Gasteiger partial charge is 0.305 e. The number of nitrogens with one attached hydrogen (secondary N) is 1. The summed E-state index contributed by atoms with van der Waals surface area (Å²) in [6, 6.07) is 3.21. The Balaban J connectivity index is 2.26. The lowest BCUT2D eigenvalue weighted by Crippen LogP contribution is -2.31. The number of aromatic nitrogens is 1. The number of carbonyl (C=O) groups is 2. The van der Waals surface area contributed by atoms with E-state index in [0.29, 0.717) is 15.9 Å². The average Bonchev–Trinajstić information content (AvgIpc) is 2.19. The van der Waals surface area contributed by atoms with Crippen molar-refractivity contribution in [3.8, 4) is 0 Å². The van der Waals surface area contributed by atoms with E-state index in [1.54, 1.807) is 12.1 Å². The molecule has 0 aromatic carbocycles. The third-order valence-corrected chi connectivity index (χ3v) is 3.40. The van der Waals surface area contributed by atoms with Gasteiger partial charge in [0.2, 0.25) is 5.91 Å². The first-order valence-electron chi connectivity index (χ1n) is 4.42. The van der Waals surface area contributed by atoms with Gasteiger partial charge in [0.25, 0.3) is 0 Å². The molecule has 2 rings (SSSR count). The van der Waals surface area contributed by atoms with Crippen LogP contribution in [-0.4, -0.2) is 27.2 Å². The molecule has 1 aromatic heterocycles. The second-order valence-corrected chi connectivity index (χ2v) is 4.76. The number of nitrogens with zero attached hydrogens (tertiary/aromatic N) is 1. The number of rotatable bonds is 2. The van der Waals surface area contributed by atoms with Crippen LogP contribution in [0.2, 0.25) is 5.15 Å². The van der Waals surface area contributed by atoms with E-state index in [0.717, 1.165) is 11.8 Å². The Labute approximate surface area is 100 Å². The molecule has 0 saturated carbocycles. The van der Waals surface area contributed by atoms with Crippen LogP contribution >= 0.6 is 23.4 Å². The van der Waals surface area contributed by atoms with Gasteiger partial charge in [0.05, 0.1) is 12.1 Å². The number of carboxylic acids is 1. The van der Waals surface area contributed by atoms with Crippen LogP contribution in [0.25, 0.3) is 0 Å². The number of aliphatic carboxylic acids is 1. The van der Waals surface area contributed by atoms with Crippen LogP contribution in [0.4, 0.5) is 5.69 Å². The maximum atomic E-state index is 11.5. The van der Waals surface area contributed by atoms with Gasteiger partial charge >= 0.3 is 5.97 Å². The number of hydrogen-bond acceptors (Lipinski definition) is 4. The van der Waals surface area contributed by atoms with E-state index >= 15 is 0 Å². The molecule has 16 heavy (non-hydrogen) atoms. The van der Waals surface area contributed by atoms with Gasteiger partial charge in [-0.1, -0.05) is 23.4 Å². The Kier molecular flexibility index (Phi) is 3.02. The maximum Gasteiger partial charge on any atom is 0.305 e. The van der Waals surface area contributed by atoms with E-state index in [-0.39, 0.29) is 12.3 Å². The van der Waals surface area contributed by atoms with E-state index in [1.807, 2.05) is 0 Å². The molecule has 1 aliphatic heterocycles. The number of hydrogen-bond donors (Lipinski definition) is 2.